The van der Waals surface area contributed by atoms with Crippen LogP contribution in [0.2, 0.25) is 0 Å². The molecule has 0 unspecified atom stereocenters. The quantitative estimate of drug-likeness (QED) is 0.687. The number of aromatic nitrogens is 1. The van der Waals surface area contributed by atoms with Crippen molar-refractivity contribution in [1.29, 1.82) is 0 Å². The largest absolute Gasteiger partial charge is 0.471 e. The first-order valence-electron chi connectivity index (χ1n) is 8.02. The first kappa shape index (κ1) is 15.4. The maximum absolute atomic E-state index is 12.5. The van der Waals surface area contributed by atoms with Gasteiger partial charge in [0.05, 0.1) is 13.1 Å². The van der Waals surface area contributed by atoms with Gasteiger partial charge >= 0.3 is 5.63 Å². The molecular formula is C19H16N2O4. The fourth-order valence-corrected chi connectivity index (χ4v) is 2.81. The number of ether oxygens (including phenoxy) is 1. The Morgan fingerprint density at radius 1 is 1.20 bits per heavy atom. The molecular weight excluding hydrogens is 320 g/mol. The summed E-state index contributed by atoms with van der Waals surface area (Å²) in [6.07, 6.45) is -0.120. The zero-order chi connectivity index (χ0) is 17.4. The summed E-state index contributed by atoms with van der Waals surface area (Å²) in [4.78, 5) is 30.5. The van der Waals surface area contributed by atoms with Gasteiger partial charge in [0, 0.05) is 17.1 Å². The maximum atomic E-state index is 12.5. The molecule has 1 amide bonds. The van der Waals surface area contributed by atoms with E-state index < -0.39 is 5.63 Å². The number of para-hydroxylation sites is 1. The lowest BCUT2D eigenvalue weighted by Crippen LogP contribution is -2.56. The SMILES string of the molecule is Cc1cccc(OC2CN(C(=O)c3cc4ccccc4oc3=O)C2)n1. The van der Waals surface area contributed by atoms with Crippen LogP contribution in [0.15, 0.2) is 57.7 Å². The van der Waals surface area contributed by atoms with E-state index in [-0.39, 0.29) is 17.6 Å². The summed E-state index contributed by atoms with van der Waals surface area (Å²) < 4.78 is 11.0. The van der Waals surface area contributed by atoms with E-state index in [0.717, 1.165) is 11.1 Å². The van der Waals surface area contributed by atoms with Gasteiger partial charge in [-0.1, -0.05) is 24.3 Å². The zero-order valence-corrected chi connectivity index (χ0v) is 13.6. The van der Waals surface area contributed by atoms with Crippen LogP contribution >= 0.6 is 0 Å². The van der Waals surface area contributed by atoms with E-state index in [1.54, 1.807) is 35.2 Å². The number of amides is 1. The summed E-state index contributed by atoms with van der Waals surface area (Å²) in [5.74, 6) is 0.207. The summed E-state index contributed by atoms with van der Waals surface area (Å²) in [6, 6.07) is 14.3. The van der Waals surface area contributed by atoms with Gasteiger partial charge < -0.3 is 14.1 Å². The van der Waals surface area contributed by atoms with Gasteiger partial charge in [0.1, 0.15) is 17.3 Å². The Labute approximate surface area is 143 Å². The van der Waals surface area contributed by atoms with Crippen LogP contribution in [0.25, 0.3) is 11.0 Å². The molecule has 0 atom stereocenters. The van der Waals surface area contributed by atoms with Crippen molar-refractivity contribution in [3.8, 4) is 5.88 Å². The highest BCUT2D eigenvalue weighted by molar-refractivity contribution is 5.97. The van der Waals surface area contributed by atoms with Crippen molar-refractivity contribution >= 4 is 16.9 Å². The second-order valence-corrected chi connectivity index (χ2v) is 6.05. The van der Waals surface area contributed by atoms with Crippen LogP contribution in [0, 0.1) is 6.92 Å². The van der Waals surface area contributed by atoms with E-state index in [1.165, 1.54) is 0 Å². The number of likely N-dealkylation sites (tertiary alicyclic amines) is 1. The third-order valence-corrected chi connectivity index (χ3v) is 4.16. The van der Waals surface area contributed by atoms with E-state index in [4.69, 9.17) is 9.15 Å². The van der Waals surface area contributed by atoms with Gasteiger partial charge in [-0.05, 0) is 25.1 Å². The number of nitrogens with zero attached hydrogens (tertiary/aromatic N) is 2. The number of fused-ring (bicyclic) bond motifs is 1. The molecule has 3 heterocycles. The minimum Gasteiger partial charge on any atom is -0.471 e. The minimum atomic E-state index is -0.617. The predicted molar refractivity (Wildman–Crippen MR) is 91.8 cm³/mol. The van der Waals surface area contributed by atoms with Gasteiger partial charge in [-0.2, -0.15) is 0 Å². The Balaban J connectivity index is 1.46. The highest BCUT2D eigenvalue weighted by atomic mass is 16.5. The molecule has 1 saturated heterocycles. The second-order valence-electron chi connectivity index (χ2n) is 6.05. The lowest BCUT2D eigenvalue weighted by Gasteiger charge is -2.38. The van der Waals surface area contributed by atoms with Crippen LogP contribution in [-0.2, 0) is 0 Å². The molecule has 1 aliphatic heterocycles. The Kier molecular flexibility index (Phi) is 3.72. The Hall–Kier alpha value is -3.15. The number of carbonyl (C=O) groups is 1. The third-order valence-electron chi connectivity index (χ3n) is 4.16. The number of pyridine rings is 1. The highest BCUT2D eigenvalue weighted by Crippen LogP contribution is 2.19. The average molecular weight is 336 g/mol. The summed E-state index contributed by atoms with van der Waals surface area (Å²) in [6.45, 7) is 2.73. The first-order chi connectivity index (χ1) is 12.1. The van der Waals surface area contributed by atoms with Crippen LogP contribution in [0.3, 0.4) is 0 Å². The topological polar surface area (TPSA) is 72.6 Å². The van der Waals surface area contributed by atoms with Gasteiger partial charge in [0.15, 0.2) is 0 Å². The summed E-state index contributed by atoms with van der Waals surface area (Å²) >= 11 is 0. The molecule has 6 nitrogen and oxygen atoms in total. The highest BCUT2D eigenvalue weighted by Gasteiger charge is 2.34. The fourth-order valence-electron chi connectivity index (χ4n) is 2.81. The number of benzene rings is 1. The Bertz CT molecular complexity index is 1010. The van der Waals surface area contributed by atoms with Crippen molar-refractivity contribution in [2.24, 2.45) is 0 Å². The van der Waals surface area contributed by atoms with E-state index in [2.05, 4.69) is 4.98 Å². The molecule has 25 heavy (non-hydrogen) atoms. The molecule has 3 aromatic rings. The molecule has 126 valence electrons. The van der Waals surface area contributed by atoms with Crippen LogP contribution in [-0.4, -0.2) is 35.0 Å². The van der Waals surface area contributed by atoms with Gasteiger partial charge in [-0.3, -0.25) is 4.79 Å². The molecule has 1 aromatic carbocycles. The molecule has 4 rings (SSSR count). The Morgan fingerprint density at radius 3 is 2.80 bits per heavy atom. The van der Waals surface area contributed by atoms with E-state index in [0.29, 0.717) is 24.6 Å². The van der Waals surface area contributed by atoms with E-state index in [9.17, 15) is 9.59 Å². The predicted octanol–water partition coefficient (Wildman–Crippen LogP) is 2.40. The second kappa shape index (κ2) is 6.05. The monoisotopic (exact) mass is 336 g/mol. The van der Waals surface area contributed by atoms with Crippen LogP contribution in [0.4, 0.5) is 0 Å². The van der Waals surface area contributed by atoms with Gasteiger partial charge in [0.25, 0.3) is 5.91 Å². The normalized spacial score (nSPS) is 14.4. The van der Waals surface area contributed by atoms with Crippen molar-refractivity contribution in [3.63, 3.8) is 0 Å². The molecule has 1 fully saturated rings. The molecule has 6 heteroatoms. The minimum absolute atomic E-state index is 0.0471. The van der Waals surface area contributed by atoms with Crippen molar-refractivity contribution in [2.75, 3.05) is 13.1 Å². The zero-order valence-electron chi connectivity index (χ0n) is 13.6. The molecule has 0 saturated carbocycles. The van der Waals surface area contributed by atoms with Crippen molar-refractivity contribution in [1.82, 2.24) is 9.88 Å². The van der Waals surface area contributed by atoms with Gasteiger partial charge in [-0.15, -0.1) is 0 Å². The number of hydrogen-bond donors (Lipinski definition) is 0. The van der Waals surface area contributed by atoms with Crippen LogP contribution < -0.4 is 10.4 Å². The molecule has 1 aliphatic rings. The van der Waals surface area contributed by atoms with E-state index >= 15 is 0 Å². The summed E-state index contributed by atoms with van der Waals surface area (Å²) in [5, 5.41) is 0.725. The lowest BCUT2D eigenvalue weighted by atomic mass is 10.1. The maximum Gasteiger partial charge on any atom is 0.349 e. The summed E-state index contributed by atoms with van der Waals surface area (Å²) in [5.41, 5.74) is 0.775. The van der Waals surface area contributed by atoms with Crippen LogP contribution in [0.1, 0.15) is 16.1 Å². The van der Waals surface area contributed by atoms with E-state index in [1.807, 2.05) is 25.1 Å². The van der Waals surface area contributed by atoms with Gasteiger partial charge in [-0.25, -0.2) is 9.78 Å². The first-order valence-corrected chi connectivity index (χ1v) is 8.02. The number of aryl methyl sites for hydroxylation is 1. The molecule has 0 radical (unpaired) electrons. The molecule has 2 aromatic heterocycles. The molecule has 0 bridgehead atoms. The Morgan fingerprint density at radius 2 is 2.00 bits per heavy atom. The average Bonchev–Trinajstić information content (AvgIpc) is 2.56. The number of hydrogen-bond acceptors (Lipinski definition) is 5. The van der Waals surface area contributed by atoms with Crippen molar-refractivity contribution < 1.29 is 13.9 Å². The van der Waals surface area contributed by atoms with Crippen molar-refractivity contribution in [3.05, 3.63) is 70.2 Å². The third kappa shape index (κ3) is 2.98. The standard InChI is InChI=1S/C19H16N2O4/c1-12-5-4-8-17(20-12)24-14-10-21(11-14)18(22)15-9-13-6-2-3-7-16(13)25-19(15)23/h2-9,14H,10-11H2,1H3. The smallest absolute Gasteiger partial charge is 0.349 e. The number of rotatable bonds is 3. The molecule has 0 spiro atoms. The number of carbonyl (C=O) groups excluding carboxylic acids is 1. The molecule has 0 N–H and O–H groups in total. The lowest BCUT2D eigenvalue weighted by molar-refractivity contribution is 0.0156. The fraction of sp³-hybridized carbons (Fsp3) is 0.211. The molecule has 0 aliphatic carbocycles. The van der Waals surface area contributed by atoms with Crippen LogP contribution in [0.5, 0.6) is 5.88 Å². The van der Waals surface area contributed by atoms with Crippen molar-refractivity contribution in [2.45, 2.75) is 13.0 Å². The van der Waals surface area contributed by atoms with Gasteiger partial charge in [0.2, 0.25) is 5.88 Å². The summed E-state index contributed by atoms with van der Waals surface area (Å²) in [7, 11) is 0.